The van der Waals surface area contributed by atoms with Crippen LogP contribution in [0.4, 0.5) is 34.1 Å². The van der Waals surface area contributed by atoms with Crippen LogP contribution in [0.5, 0.6) is 0 Å². The Labute approximate surface area is 367 Å². The molecule has 0 aromatic heterocycles. The monoisotopic (exact) mass is 800 g/mol. The molecule has 2 aliphatic rings. The number of nitrogens with zero attached hydrogens (tertiary/aromatic N) is 2. The fourth-order valence-electron chi connectivity index (χ4n) is 11.1. The standard InChI is InChI=1S/C61H40N2/c1-3-23-43(24-4-1)62(57-35-17-21-41-19-7-9-27-46(41)57)45-37-38-52-55(39-45)61(53-33-15-13-29-48(53)49-30-14-16-34-54(49)61)56-40-59(50-31-11-12-32-51(50)60(52)56)63(44-25-5-2-6-26-44)58-36-18-22-42-20-8-10-28-47(42)58/h1-40H. The molecule has 1 spiro atoms. The average molecular weight is 801 g/mol. The second-order valence-electron chi connectivity index (χ2n) is 16.8. The maximum absolute atomic E-state index is 2.55. The van der Waals surface area contributed by atoms with Crippen LogP contribution in [0.1, 0.15) is 22.3 Å². The summed E-state index contributed by atoms with van der Waals surface area (Å²) in [6, 6.07) is 89.7. The van der Waals surface area contributed by atoms with Gasteiger partial charge in [0, 0.05) is 33.2 Å². The predicted octanol–water partition coefficient (Wildman–Crippen LogP) is 16.4. The van der Waals surface area contributed by atoms with Crippen molar-refractivity contribution in [3.05, 3.63) is 265 Å². The molecule has 0 N–H and O–H groups in total. The summed E-state index contributed by atoms with van der Waals surface area (Å²) in [7, 11) is 0. The Kier molecular flexibility index (Phi) is 7.85. The van der Waals surface area contributed by atoms with E-state index in [9.17, 15) is 0 Å². The summed E-state index contributed by atoms with van der Waals surface area (Å²) in [6.45, 7) is 0. The first-order chi connectivity index (χ1) is 31.3. The van der Waals surface area contributed by atoms with Crippen molar-refractivity contribution in [2.45, 2.75) is 5.41 Å². The van der Waals surface area contributed by atoms with Crippen LogP contribution in [0.3, 0.4) is 0 Å². The second kappa shape index (κ2) is 13.9. The van der Waals surface area contributed by atoms with Crippen LogP contribution in [0.25, 0.3) is 54.6 Å². The van der Waals surface area contributed by atoms with Gasteiger partial charge < -0.3 is 9.80 Å². The van der Waals surface area contributed by atoms with Gasteiger partial charge >= 0.3 is 0 Å². The van der Waals surface area contributed by atoms with Gasteiger partial charge in [-0.05, 0) is 115 Å². The van der Waals surface area contributed by atoms with E-state index < -0.39 is 5.41 Å². The lowest BCUT2D eigenvalue weighted by atomic mass is 9.70. The molecule has 13 rings (SSSR count). The Morgan fingerprint density at radius 1 is 0.254 bits per heavy atom. The van der Waals surface area contributed by atoms with E-state index in [1.54, 1.807) is 0 Å². The molecule has 0 amide bonds. The van der Waals surface area contributed by atoms with Crippen molar-refractivity contribution in [2.75, 3.05) is 9.80 Å². The summed E-state index contributed by atoms with van der Waals surface area (Å²) in [5.74, 6) is 0. The fourth-order valence-corrected chi connectivity index (χ4v) is 11.1. The summed E-state index contributed by atoms with van der Waals surface area (Å²) >= 11 is 0. The molecule has 294 valence electrons. The minimum Gasteiger partial charge on any atom is -0.310 e. The van der Waals surface area contributed by atoms with Gasteiger partial charge in [-0.15, -0.1) is 0 Å². The fraction of sp³-hybridized carbons (Fsp3) is 0.0164. The van der Waals surface area contributed by atoms with E-state index >= 15 is 0 Å². The van der Waals surface area contributed by atoms with Gasteiger partial charge in [-0.1, -0.05) is 188 Å². The smallest absolute Gasteiger partial charge is 0.0727 e. The maximum atomic E-state index is 2.55. The van der Waals surface area contributed by atoms with Crippen molar-refractivity contribution in [1.29, 1.82) is 0 Å². The molecule has 0 fully saturated rings. The van der Waals surface area contributed by atoms with Gasteiger partial charge in [0.05, 0.1) is 22.5 Å². The molecule has 0 aliphatic heterocycles. The Morgan fingerprint density at radius 2 is 0.730 bits per heavy atom. The van der Waals surface area contributed by atoms with Gasteiger partial charge in [-0.3, -0.25) is 0 Å². The van der Waals surface area contributed by atoms with Crippen molar-refractivity contribution in [1.82, 2.24) is 0 Å². The molecule has 0 bridgehead atoms. The van der Waals surface area contributed by atoms with Gasteiger partial charge in [0.15, 0.2) is 0 Å². The molecule has 11 aromatic rings. The molecule has 0 saturated carbocycles. The highest BCUT2D eigenvalue weighted by atomic mass is 15.2. The number of para-hydroxylation sites is 2. The van der Waals surface area contributed by atoms with E-state index in [-0.39, 0.29) is 0 Å². The summed E-state index contributed by atoms with van der Waals surface area (Å²) in [4.78, 5) is 4.95. The Morgan fingerprint density at radius 3 is 1.35 bits per heavy atom. The third-order valence-corrected chi connectivity index (χ3v) is 13.6. The van der Waals surface area contributed by atoms with Crippen LogP contribution in [-0.2, 0) is 5.41 Å². The molecule has 0 unspecified atom stereocenters. The van der Waals surface area contributed by atoms with Crippen LogP contribution in [0.2, 0.25) is 0 Å². The van der Waals surface area contributed by atoms with E-state index in [0.29, 0.717) is 0 Å². The third-order valence-electron chi connectivity index (χ3n) is 13.6. The van der Waals surface area contributed by atoms with Crippen LogP contribution < -0.4 is 9.80 Å². The summed E-state index contributed by atoms with van der Waals surface area (Å²) in [5.41, 5.74) is 16.6. The molecule has 2 nitrogen and oxygen atoms in total. The summed E-state index contributed by atoms with van der Waals surface area (Å²) in [6.07, 6.45) is 0. The third kappa shape index (κ3) is 5.13. The first-order valence-electron chi connectivity index (χ1n) is 21.9. The van der Waals surface area contributed by atoms with Gasteiger partial charge in [-0.2, -0.15) is 0 Å². The topological polar surface area (TPSA) is 6.48 Å². The molecule has 0 atom stereocenters. The van der Waals surface area contributed by atoms with E-state index in [2.05, 4.69) is 252 Å². The van der Waals surface area contributed by atoms with Crippen LogP contribution in [-0.4, -0.2) is 0 Å². The zero-order valence-corrected chi connectivity index (χ0v) is 34.5. The largest absolute Gasteiger partial charge is 0.310 e. The maximum Gasteiger partial charge on any atom is 0.0727 e. The van der Waals surface area contributed by atoms with Crippen LogP contribution >= 0.6 is 0 Å². The number of benzene rings is 11. The van der Waals surface area contributed by atoms with E-state index in [4.69, 9.17) is 0 Å². The predicted molar refractivity (Wildman–Crippen MR) is 265 cm³/mol. The van der Waals surface area contributed by atoms with E-state index in [1.807, 2.05) is 0 Å². The van der Waals surface area contributed by atoms with Gasteiger partial charge in [-0.25, -0.2) is 0 Å². The Bertz CT molecular complexity index is 3530. The average Bonchev–Trinajstić information content (AvgIpc) is 3.82. The Balaban J connectivity index is 1.16. The molecule has 63 heavy (non-hydrogen) atoms. The minimum absolute atomic E-state index is 0.602. The van der Waals surface area contributed by atoms with Crippen molar-refractivity contribution in [3.8, 4) is 22.3 Å². The van der Waals surface area contributed by atoms with E-state index in [1.165, 1.54) is 76.8 Å². The first-order valence-corrected chi connectivity index (χ1v) is 21.9. The van der Waals surface area contributed by atoms with Gasteiger partial charge in [0.1, 0.15) is 0 Å². The number of anilines is 6. The van der Waals surface area contributed by atoms with Crippen molar-refractivity contribution < 1.29 is 0 Å². The highest BCUT2D eigenvalue weighted by molar-refractivity contribution is 6.14. The second-order valence-corrected chi connectivity index (χ2v) is 16.8. The Hall–Kier alpha value is -8.20. The molecule has 2 heteroatoms. The molecule has 0 radical (unpaired) electrons. The van der Waals surface area contributed by atoms with Crippen molar-refractivity contribution in [2.24, 2.45) is 0 Å². The first kappa shape index (κ1) is 35.5. The molecule has 0 saturated heterocycles. The summed E-state index contributed by atoms with van der Waals surface area (Å²) < 4.78 is 0. The quantitative estimate of drug-likeness (QED) is 0.165. The highest BCUT2D eigenvalue weighted by Gasteiger charge is 2.52. The SMILES string of the molecule is c1ccc(N(c2ccc3c(c2)C2(c4ccccc4-c4ccccc42)c2cc(N(c4ccccc4)c4cccc5ccccc45)c4ccccc4c2-3)c2cccc3ccccc23)cc1. The zero-order chi connectivity index (χ0) is 41.5. The zero-order valence-electron chi connectivity index (χ0n) is 34.5. The molecule has 0 heterocycles. The number of hydrogen-bond acceptors (Lipinski definition) is 2. The number of fused-ring (bicyclic) bond motifs is 14. The molecule has 2 aliphatic carbocycles. The van der Waals surface area contributed by atoms with Gasteiger partial charge in [0.25, 0.3) is 0 Å². The lowest BCUT2D eigenvalue weighted by Crippen LogP contribution is -2.26. The van der Waals surface area contributed by atoms with Crippen LogP contribution in [0.15, 0.2) is 243 Å². The highest BCUT2D eigenvalue weighted by Crippen LogP contribution is 2.65. The van der Waals surface area contributed by atoms with Crippen molar-refractivity contribution >= 4 is 66.4 Å². The van der Waals surface area contributed by atoms with Gasteiger partial charge in [0.2, 0.25) is 0 Å². The normalized spacial score (nSPS) is 12.9. The molecular formula is C61H40N2. The number of hydrogen-bond donors (Lipinski definition) is 0. The molecular weight excluding hydrogens is 761 g/mol. The molecule has 11 aromatic carbocycles. The minimum atomic E-state index is -0.602. The summed E-state index contributed by atoms with van der Waals surface area (Å²) in [5, 5.41) is 7.30. The lowest BCUT2D eigenvalue weighted by molar-refractivity contribution is 0.794. The lowest BCUT2D eigenvalue weighted by Gasteiger charge is -2.34. The van der Waals surface area contributed by atoms with Crippen LogP contribution in [0, 0.1) is 0 Å². The van der Waals surface area contributed by atoms with Crippen molar-refractivity contribution in [3.63, 3.8) is 0 Å². The number of rotatable bonds is 6. The van der Waals surface area contributed by atoms with E-state index in [0.717, 1.165) is 34.1 Å².